The summed E-state index contributed by atoms with van der Waals surface area (Å²) in [7, 11) is 1.41. The van der Waals surface area contributed by atoms with Gasteiger partial charge in [0, 0.05) is 29.6 Å². The van der Waals surface area contributed by atoms with Crippen molar-refractivity contribution in [3.63, 3.8) is 0 Å². The van der Waals surface area contributed by atoms with Gasteiger partial charge in [0.15, 0.2) is 0 Å². The van der Waals surface area contributed by atoms with Crippen molar-refractivity contribution in [3.8, 4) is 0 Å². The summed E-state index contributed by atoms with van der Waals surface area (Å²) in [5.74, 6) is -0.377. The average molecular weight is 298 g/mol. The largest absolute Gasteiger partial charge is 0.469 e. The molecule has 2 aliphatic heterocycles. The number of para-hydroxylation sites is 1. The van der Waals surface area contributed by atoms with Gasteiger partial charge in [-0.2, -0.15) is 0 Å². The molecule has 1 aromatic carbocycles. The van der Waals surface area contributed by atoms with Crippen LogP contribution in [0.3, 0.4) is 0 Å². The minimum absolute atomic E-state index is 0.134. The van der Waals surface area contributed by atoms with Crippen LogP contribution in [0.4, 0.5) is 0 Å². The van der Waals surface area contributed by atoms with Gasteiger partial charge in [0.25, 0.3) is 0 Å². The van der Waals surface area contributed by atoms with Gasteiger partial charge in [-0.1, -0.05) is 18.2 Å². The second kappa shape index (κ2) is 4.87. The molecule has 1 N–H and O–H groups in total. The number of ether oxygens (including phenoxy) is 1. The van der Waals surface area contributed by atoms with E-state index in [1.165, 1.54) is 18.1 Å². The van der Waals surface area contributed by atoms with Crippen molar-refractivity contribution < 1.29 is 14.3 Å². The molecule has 1 fully saturated rings. The maximum Gasteiger partial charge on any atom is 0.311 e. The highest BCUT2D eigenvalue weighted by atomic mass is 16.5. The first-order chi connectivity index (χ1) is 10.7. The molecule has 0 aliphatic carbocycles. The maximum atomic E-state index is 12.3. The fraction of sp³-hybridized carbons (Fsp3) is 0.412. The lowest BCUT2D eigenvalue weighted by atomic mass is 9.82. The summed E-state index contributed by atoms with van der Waals surface area (Å²) in [6, 6.07) is 7.93. The van der Waals surface area contributed by atoms with Crippen LogP contribution in [0.1, 0.15) is 30.1 Å². The smallest absolute Gasteiger partial charge is 0.311 e. The van der Waals surface area contributed by atoms with Gasteiger partial charge < -0.3 is 14.6 Å². The number of aromatic nitrogens is 1. The number of esters is 1. The molecule has 4 rings (SSSR count). The first-order valence-electron chi connectivity index (χ1n) is 7.67. The van der Waals surface area contributed by atoms with Crippen molar-refractivity contribution in [2.24, 2.45) is 5.92 Å². The molecule has 0 saturated carbocycles. The number of piperidine rings is 1. The first-order valence-corrected chi connectivity index (χ1v) is 7.67. The van der Waals surface area contributed by atoms with Gasteiger partial charge in [0.1, 0.15) is 0 Å². The van der Waals surface area contributed by atoms with Gasteiger partial charge in [-0.05, 0) is 24.5 Å². The van der Waals surface area contributed by atoms with Crippen LogP contribution in [0.25, 0.3) is 10.9 Å². The third-order valence-electron chi connectivity index (χ3n) is 4.96. The number of benzene rings is 1. The summed E-state index contributed by atoms with van der Waals surface area (Å²) in [6.07, 6.45) is 1.81. The molecule has 2 atom stereocenters. The monoisotopic (exact) mass is 298 g/mol. The zero-order chi connectivity index (χ0) is 15.3. The highest BCUT2D eigenvalue weighted by molar-refractivity contribution is 5.88. The van der Waals surface area contributed by atoms with Crippen molar-refractivity contribution in [3.05, 3.63) is 35.5 Å². The SMILES string of the molecule is COC(=O)[C@@H]1CCC(=O)N2CCc3c([nH]c4ccccc34)[C@H]12. The van der Waals surface area contributed by atoms with Gasteiger partial charge in [-0.3, -0.25) is 9.59 Å². The number of methoxy groups -OCH3 is 1. The quantitative estimate of drug-likeness (QED) is 0.821. The second-order valence-electron chi connectivity index (χ2n) is 6.01. The first kappa shape index (κ1) is 13.4. The lowest BCUT2D eigenvalue weighted by Gasteiger charge is -2.42. The molecule has 0 spiro atoms. The zero-order valence-electron chi connectivity index (χ0n) is 12.5. The Bertz CT molecular complexity index is 764. The summed E-state index contributed by atoms with van der Waals surface area (Å²) in [6.45, 7) is 0.672. The van der Waals surface area contributed by atoms with Crippen LogP contribution in [0.2, 0.25) is 0 Å². The summed E-state index contributed by atoms with van der Waals surface area (Å²) in [5, 5.41) is 1.19. The van der Waals surface area contributed by atoms with Gasteiger partial charge in [-0.15, -0.1) is 0 Å². The normalized spacial score (nSPS) is 24.0. The van der Waals surface area contributed by atoms with Crippen molar-refractivity contribution in [2.75, 3.05) is 13.7 Å². The number of hydrogen-bond donors (Lipinski definition) is 1. The fourth-order valence-corrected chi connectivity index (χ4v) is 3.95. The maximum absolute atomic E-state index is 12.3. The number of nitrogens with one attached hydrogen (secondary N) is 1. The summed E-state index contributed by atoms with van der Waals surface area (Å²) in [5.41, 5.74) is 3.31. The fourth-order valence-electron chi connectivity index (χ4n) is 3.95. The number of carbonyl (C=O) groups excluding carboxylic acids is 2. The summed E-state index contributed by atoms with van der Waals surface area (Å²) >= 11 is 0. The summed E-state index contributed by atoms with van der Waals surface area (Å²) in [4.78, 5) is 29.7. The average Bonchev–Trinajstić information content (AvgIpc) is 2.93. The van der Waals surface area contributed by atoms with Gasteiger partial charge in [-0.25, -0.2) is 0 Å². The van der Waals surface area contributed by atoms with E-state index in [2.05, 4.69) is 11.1 Å². The number of amides is 1. The molecule has 114 valence electrons. The van der Waals surface area contributed by atoms with Crippen LogP contribution >= 0.6 is 0 Å². The van der Waals surface area contributed by atoms with Crippen LogP contribution in [-0.2, 0) is 20.7 Å². The topological polar surface area (TPSA) is 62.4 Å². The minimum atomic E-state index is -0.283. The van der Waals surface area contributed by atoms with Crippen LogP contribution in [0, 0.1) is 5.92 Å². The molecule has 5 nitrogen and oxygen atoms in total. The molecule has 1 saturated heterocycles. The Morgan fingerprint density at radius 3 is 2.95 bits per heavy atom. The predicted octanol–water partition coefficient (Wildman–Crippen LogP) is 2.18. The molecule has 5 heteroatoms. The Morgan fingerprint density at radius 2 is 2.14 bits per heavy atom. The van der Waals surface area contributed by atoms with E-state index < -0.39 is 0 Å². The lowest BCUT2D eigenvalue weighted by molar-refractivity contribution is -0.155. The molecular formula is C17H18N2O3. The van der Waals surface area contributed by atoms with E-state index >= 15 is 0 Å². The Kier molecular flexibility index (Phi) is 2.96. The molecule has 22 heavy (non-hydrogen) atoms. The molecular weight excluding hydrogens is 280 g/mol. The lowest BCUT2D eigenvalue weighted by Crippen LogP contribution is -2.48. The van der Waals surface area contributed by atoms with E-state index in [9.17, 15) is 9.59 Å². The van der Waals surface area contributed by atoms with Crippen LogP contribution in [-0.4, -0.2) is 35.4 Å². The number of nitrogens with zero attached hydrogens (tertiary/aromatic N) is 1. The third kappa shape index (κ3) is 1.78. The van der Waals surface area contributed by atoms with E-state index in [0.717, 1.165) is 17.6 Å². The zero-order valence-corrected chi connectivity index (χ0v) is 12.5. The van der Waals surface area contributed by atoms with E-state index in [-0.39, 0.29) is 23.8 Å². The Labute approximate surface area is 128 Å². The minimum Gasteiger partial charge on any atom is -0.469 e. The summed E-state index contributed by atoms with van der Waals surface area (Å²) < 4.78 is 4.97. The van der Waals surface area contributed by atoms with Crippen molar-refractivity contribution in [1.29, 1.82) is 0 Å². The molecule has 1 aromatic heterocycles. The number of fused-ring (bicyclic) bond motifs is 5. The van der Waals surface area contributed by atoms with Gasteiger partial charge in [0.2, 0.25) is 5.91 Å². The van der Waals surface area contributed by atoms with E-state index in [1.807, 2.05) is 23.1 Å². The second-order valence-corrected chi connectivity index (χ2v) is 6.01. The van der Waals surface area contributed by atoms with Gasteiger partial charge in [0.05, 0.1) is 19.1 Å². The molecule has 0 radical (unpaired) electrons. The van der Waals surface area contributed by atoms with E-state index in [0.29, 0.717) is 19.4 Å². The van der Waals surface area contributed by atoms with Crippen molar-refractivity contribution in [2.45, 2.75) is 25.3 Å². The van der Waals surface area contributed by atoms with Crippen LogP contribution in [0.15, 0.2) is 24.3 Å². The van der Waals surface area contributed by atoms with Crippen LogP contribution in [0.5, 0.6) is 0 Å². The van der Waals surface area contributed by atoms with Crippen molar-refractivity contribution >= 4 is 22.8 Å². The van der Waals surface area contributed by atoms with E-state index in [4.69, 9.17) is 4.74 Å². The number of hydrogen-bond acceptors (Lipinski definition) is 3. The number of rotatable bonds is 1. The Morgan fingerprint density at radius 1 is 1.32 bits per heavy atom. The Hall–Kier alpha value is -2.30. The molecule has 2 aliphatic rings. The number of carbonyl (C=O) groups is 2. The van der Waals surface area contributed by atoms with Crippen LogP contribution < -0.4 is 0 Å². The Balaban J connectivity index is 1.88. The highest BCUT2D eigenvalue weighted by Crippen LogP contribution is 2.43. The standard InChI is InChI=1S/C17H18N2O3/c1-22-17(21)12-6-7-14(20)19-9-8-11-10-4-2-3-5-13(10)18-15(11)16(12)19/h2-5,12,16,18H,6-9H2,1H3/t12-,16+/m1/s1. The van der Waals surface area contributed by atoms with Crippen molar-refractivity contribution in [1.82, 2.24) is 9.88 Å². The molecule has 3 heterocycles. The number of H-pyrrole nitrogens is 1. The molecule has 0 bridgehead atoms. The highest BCUT2D eigenvalue weighted by Gasteiger charge is 2.45. The molecule has 0 unspecified atom stereocenters. The van der Waals surface area contributed by atoms with Gasteiger partial charge >= 0.3 is 5.97 Å². The van der Waals surface area contributed by atoms with E-state index in [1.54, 1.807) is 0 Å². The molecule has 2 aromatic rings. The number of aromatic amines is 1. The third-order valence-corrected chi connectivity index (χ3v) is 4.96. The predicted molar refractivity (Wildman–Crippen MR) is 81.2 cm³/mol. The molecule has 1 amide bonds.